The van der Waals surface area contributed by atoms with Gasteiger partial charge in [0.1, 0.15) is 0 Å². The molecule has 0 aromatic heterocycles. The molecule has 1 saturated carbocycles. The summed E-state index contributed by atoms with van der Waals surface area (Å²) in [6.07, 6.45) is 7.15. The van der Waals surface area contributed by atoms with Crippen LogP contribution in [0.1, 0.15) is 56.6 Å². The first kappa shape index (κ1) is 16.7. The second-order valence-electron chi connectivity index (χ2n) is 6.30. The Balaban J connectivity index is 2.20. The summed E-state index contributed by atoms with van der Waals surface area (Å²) in [7, 11) is -0.897. The first-order valence-corrected chi connectivity index (χ1v) is 9.56. The van der Waals surface area contributed by atoms with Crippen molar-refractivity contribution < 1.29 is 4.21 Å². The van der Waals surface area contributed by atoms with Crippen molar-refractivity contribution in [1.29, 1.82) is 0 Å². The van der Waals surface area contributed by atoms with Crippen molar-refractivity contribution in [2.45, 2.75) is 75.5 Å². The molecule has 0 bridgehead atoms. The summed E-state index contributed by atoms with van der Waals surface area (Å²) in [5.41, 5.74) is 2.42. The summed E-state index contributed by atoms with van der Waals surface area (Å²) >= 11 is 0. The number of rotatable bonds is 5. The number of hydrogen-bond acceptors (Lipinski definition) is 2. The molecule has 0 aliphatic heterocycles. The standard InChI is InChI=1S/C18H29NOS/c1-4-12-19-16-8-6-5-7-9-18(16)21(20)17-11-10-14(2)13-15(17)3/h10-11,13,16,18-19H,4-9,12H2,1-3H3. The van der Waals surface area contributed by atoms with Gasteiger partial charge in [0.15, 0.2) is 0 Å². The van der Waals surface area contributed by atoms with Crippen molar-refractivity contribution >= 4 is 10.8 Å². The molecule has 0 saturated heterocycles. The Morgan fingerprint density at radius 1 is 1.19 bits per heavy atom. The molecule has 1 N–H and O–H groups in total. The Kier molecular flexibility index (Phi) is 6.43. The van der Waals surface area contributed by atoms with Crippen LogP contribution in [0.2, 0.25) is 0 Å². The van der Waals surface area contributed by atoms with E-state index in [0.717, 1.165) is 24.3 Å². The Hall–Kier alpha value is -0.670. The van der Waals surface area contributed by atoms with Gasteiger partial charge < -0.3 is 5.32 Å². The number of aryl methyl sites for hydroxylation is 2. The van der Waals surface area contributed by atoms with Gasteiger partial charge in [-0.15, -0.1) is 0 Å². The average Bonchev–Trinajstić information content (AvgIpc) is 2.69. The fourth-order valence-corrected chi connectivity index (χ4v) is 5.10. The molecule has 118 valence electrons. The summed E-state index contributed by atoms with van der Waals surface area (Å²) in [5, 5.41) is 3.91. The third kappa shape index (κ3) is 4.40. The molecule has 3 unspecified atom stereocenters. The normalized spacial score (nSPS) is 24.5. The lowest BCUT2D eigenvalue weighted by Gasteiger charge is -2.26. The topological polar surface area (TPSA) is 29.1 Å². The van der Waals surface area contributed by atoms with Crippen LogP contribution in [0, 0.1) is 13.8 Å². The minimum atomic E-state index is -0.897. The lowest BCUT2D eigenvalue weighted by atomic mass is 10.1. The number of hydrogen-bond donors (Lipinski definition) is 1. The second kappa shape index (κ2) is 8.09. The van der Waals surface area contributed by atoms with E-state index in [9.17, 15) is 4.21 Å². The van der Waals surface area contributed by atoms with Gasteiger partial charge in [-0.2, -0.15) is 0 Å². The molecule has 1 aliphatic rings. The summed E-state index contributed by atoms with van der Waals surface area (Å²) in [4.78, 5) is 1.04. The van der Waals surface area contributed by atoms with Crippen LogP contribution < -0.4 is 5.32 Å². The van der Waals surface area contributed by atoms with Crippen LogP contribution in [0.15, 0.2) is 23.1 Å². The minimum absolute atomic E-state index is 0.264. The molecular formula is C18H29NOS. The van der Waals surface area contributed by atoms with E-state index >= 15 is 0 Å². The van der Waals surface area contributed by atoms with Crippen molar-refractivity contribution in [1.82, 2.24) is 5.32 Å². The largest absolute Gasteiger partial charge is 0.313 e. The van der Waals surface area contributed by atoms with Crippen molar-refractivity contribution in [3.63, 3.8) is 0 Å². The van der Waals surface area contributed by atoms with Crippen LogP contribution in [0.3, 0.4) is 0 Å². The molecule has 1 aromatic rings. The highest BCUT2D eigenvalue weighted by molar-refractivity contribution is 7.85. The molecule has 0 spiro atoms. The number of nitrogens with one attached hydrogen (secondary N) is 1. The Morgan fingerprint density at radius 3 is 2.67 bits per heavy atom. The third-order valence-corrected chi connectivity index (χ3v) is 6.44. The highest BCUT2D eigenvalue weighted by Crippen LogP contribution is 2.27. The van der Waals surface area contributed by atoms with E-state index in [1.807, 2.05) is 0 Å². The van der Waals surface area contributed by atoms with Gasteiger partial charge in [-0.25, -0.2) is 0 Å². The van der Waals surface area contributed by atoms with Crippen LogP contribution in [0.5, 0.6) is 0 Å². The van der Waals surface area contributed by atoms with Gasteiger partial charge in [0.05, 0.1) is 16.0 Å². The van der Waals surface area contributed by atoms with Crippen molar-refractivity contribution in [2.24, 2.45) is 0 Å². The van der Waals surface area contributed by atoms with Gasteiger partial charge in [-0.1, -0.05) is 43.9 Å². The molecule has 1 aromatic carbocycles. The zero-order valence-electron chi connectivity index (χ0n) is 13.7. The zero-order valence-corrected chi connectivity index (χ0v) is 14.5. The number of benzene rings is 1. The van der Waals surface area contributed by atoms with Crippen molar-refractivity contribution in [3.05, 3.63) is 29.3 Å². The van der Waals surface area contributed by atoms with Crippen LogP contribution in [-0.2, 0) is 10.8 Å². The first-order chi connectivity index (χ1) is 10.1. The average molecular weight is 308 g/mol. The van der Waals surface area contributed by atoms with Crippen LogP contribution >= 0.6 is 0 Å². The van der Waals surface area contributed by atoms with E-state index in [4.69, 9.17) is 0 Å². The maximum atomic E-state index is 13.1. The fraction of sp³-hybridized carbons (Fsp3) is 0.667. The molecule has 0 amide bonds. The zero-order chi connectivity index (χ0) is 15.2. The molecule has 2 rings (SSSR count). The SMILES string of the molecule is CCCNC1CCCCCC1S(=O)c1ccc(C)cc1C. The second-order valence-corrected chi connectivity index (χ2v) is 7.94. The predicted molar refractivity (Wildman–Crippen MR) is 91.3 cm³/mol. The highest BCUT2D eigenvalue weighted by Gasteiger charge is 2.29. The summed E-state index contributed by atoms with van der Waals surface area (Å²) in [5.74, 6) is 0. The summed E-state index contributed by atoms with van der Waals surface area (Å²) < 4.78 is 13.1. The summed E-state index contributed by atoms with van der Waals surface area (Å²) in [6, 6.07) is 6.72. The van der Waals surface area contributed by atoms with Crippen LogP contribution in [0.25, 0.3) is 0 Å². The van der Waals surface area contributed by atoms with E-state index in [0.29, 0.717) is 6.04 Å². The molecule has 2 nitrogen and oxygen atoms in total. The first-order valence-electron chi connectivity index (χ1n) is 8.34. The van der Waals surface area contributed by atoms with Gasteiger partial charge in [0.25, 0.3) is 0 Å². The van der Waals surface area contributed by atoms with Crippen molar-refractivity contribution in [2.75, 3.05) is 6.54 Å². The lowest BCUT2D eigenvalue weighted by Crippen LogP contribution is -2.42. The molecule has 1 aliphatic carbocycles. The minimum Gasteiger partial charge on any atom is -0.313 e. The monoisotopic (exact) mass is 307 g/mol. The molecule has 21 heavy (non-hydrogen) atoms. The van der Waals surface area contributed by atoms with E-state index in [2.05, 4.69) is 44.3 Å². The highest BCUT2D eigenvalue weighted by atomic mass is 32.2. The van der Waals surface area contributed by atoms with Gasteiger partial charge in [0.2, 0.25) is 0 Å². The predicted octanol–water partition coefficient (Wildman–Crippen LogP) is 4.11. The van der Waals surface area contributed by atoms with E-state index in [1.54, 1.807) is 0 Å². The van der Waals surface area contributed by atoms with Crippen molar-refractivity contribution in [3.8, 4) is 0 Å². The van der Waals surface area contributed by atoms with E-state index in [1.165, 1.54) is 36.8 Å². The fourth-order valence-electron chi connectivity index (χ4n) is 3.28. The smallest absolute Gasteiger partial charge is 0.0579 e. The third-order valence-electron chi connectivity index (χ3n) is 4.43. The van der Waals surface area contributed by atoms with Gasteiger partial charge >= 0.3 is 0 Å². The molecule has 0 radical (unpaired) electrons. The quantitative estimate of drug-likeness (QED) is 0.829. The molecule has 3 heteroatoms. The summed E-state index contributed by atoms with van der Waals surface area (Å²) in [6.45, 7) is 7.41. The van der Waals surface area contributed by atoms with Gasteiger partial charge in [0, 0.05) is 10.9 Å². The molecule has 0 heterocycles. The Labute approximate surface area is 132 Å². The lowest BCUT2D eigenvalue weighted by molar-refractivity contribution is 0.462. The molecular weight excluding hydrogens is 278 g/mol. The maximum absolute atomic E-state index is 13.1. The molecule has 1 fully saturated rings. The maximum Gasteiger partial charge on any atom is 0.0579 e. The Bertz CT molecular complexity index is 486. The van der Waals surface area contributed by atoms with E-state index < -0.39 is 10.8 Å². The Morgan fingerprint density at radius 2 is 1.95 bits per heavy atom. The van der Waals surface area contributed by atoms with Crippen LogP contribution in [-0.4, -0.2) is 22.0 Å². The van der Waals surface area contributed by atoms with E-state index in [-0.39, 0.29) is 5.25 Å². The van der Waals surface area contributed by atoms with Crippen LogP contribution in [0.4, 0.5) is 0 Å². The van der Waals surface area contributed by atoms with Gasteiger partial charge in [-0.3, -0.25) is 4.21 Å². The van der Waals surface area contributed by atoms with Gasteiger partial charge in [-0.05, 0) is 51.3 Å². The molecule has 3 atom stereocenters.